The molecule has 0 atom stereocenters. The van der Waals surface area contributed by atoms with Crippen LogP contribution in [0.1, 0.15) is 51.4 Å². The van der Waals surface area contributed by atoms with Crippen LogP contribution in [0.4, 0.5) is 0 Å². The van der Waals surface area contributed by atoms with Crippen molar-refractivity contribution in [2.75, 3.05) is 6.61 Å². The molecule has 82 valence electrons. The summed E-state index contributed by atoms with van der Waals surface area (Å²) in [5, 5.41) is 12.8. The Morgan fingerprint density at radius 2 is 1.43 bits per heavy atom. The van der Waals surface area contributed by atoms with Crippen LogP contribution in [-0.2, 0) is 0 Å². The quantitative estimate of drug-likeness (QED) is 0.726. The van der Waals surface area contributed by atoms with E-state index >= 15 is 0 Å². The molecule has 2 fully saturated rings. The zero-order chi connectivity index (χ0) is 9.80. The van der Waals surface area contributed by atoms with E-state index in [1.165, 1.54) is 51.4 Å². The van der Waals surface area contributed by atoms with Crippen LogP contribution in [0, 0.1) is 5.92 Å². The smallest absolute Gasteiger partial charge is 0.0459 e. The molecule has 0 aromatic rings. The molecule has 0 saturated heterocycles. The van der Waals surface area contributed by atoms with Crippen LogP contribution in [0.5, 0.6) is 0 Å². The SMILES string of the molecule is OCC1CCC(NC2CCCC2)CC1. The Hall–Kier alpha value is -0.0800. The fourth-order valence-corrected chi connectivity index (χ4v) is 2.94. The van der Waals surface area contributed by atoms with Gasteiger partial charge in [-0.1, -0.05) is 12.8 Å². The van der Waals surface area contributed by atoms with Gasteiger partial charge in [0, 0.05) is 18.7 Å². The van der Waals surface area contributed by atoms with Gasteiger partial charge in [0.1, 0.15) is 0 Å². The average Bonchev–Trinajstić information content (AvgIpc) is 2.72. The van der Waals surface area contributed by atoms with E-state index in [-0.39, 0.29) is 0 Å². The summed E-state index contributed by atoms with van der Waals surface area (Å²) in [6, 6.07) is 1.56. The van der Waals surface area contributed by atoms with Crippen molar-refractivity contribution in [3.63, 3.8) is 0 Å². The first-order chi connectivity index (χ1) is 6.88. The van der Waals surface area contributed by atoms with Gasteiger partial charge in [0.2, 0.25) is 0 Å². The first-order valence-corrected chi connectivity index (χ1v) is 6.25. The molecule has 0 bridgehead atoms. The van der Waals surface area contributed by atoms with E-state index in [1.807, 2.05) is 0 Å². The van der Waals surface area contributed by atoms with Gasteiger partial charge < -0.3 is 10.4 Å². The van der Waals surface area contributed by atoms with Crippen LogP contribution in [0.3, 0.4) is 0 Å². The summed E-state index contributed by atoms with van der Waals surface area (Å²) in [7, 11) is 0. The van der Waals surface area contributed by atoms with Gasteiger partial charge in [-0.2, -0.15) is 0 Å². The lowest BCUT2D eigenvalue weighted by atomic mass is 9.86. The third-order valence-corrected chi connectivity index (χ3v) is 3.93. The third kappa shape index (κ3) is 2.71. The van der Waals surface area contributed by atoms with Gasteiger partial charge >= 0.3 is 0 Å². The number of aliphatic hydroxyl groups excluding tert-OH is 1. The number of aliphatic hydroxyl groups is 1. The molecule has 2 nitrogen and oxygen atoms in total. The van der Waals surface area contributed by atoms with Gasteiger partial charge in [0.15, 0.2) is 0 Å². The van der Waals surface area contributed by atoms with E-state index in [2.05, 4.69) is 5.32 Å². The van der Waals surface area contributed by atoms with Crippen molar-refractivity contribution in [1.29, 1.82) is 0 Å². The van der Waals surface area contributed by atoms with Crippen LogP contribution in [0.15, 0.2) is 0 Å². The van der Waals surface area contributed by atoms with E-state index in [4.69, 9.17) is 5.11 Å². The maximum atomic E-state index is 9.04. The highest BCUT2D eigenvalue weighted by Gasteiger charge is 2.23. The molecule has 0 radical (unpaired) electrons. The lowest BCUT2D eigenvalue weighted by molar-refractivity contribution is 0.172. The van der Waals surface area contributed by atoms with Crippen molar-refractivity contribution in [3.05, 3.63) is 0 Å². The molecule has 2 aliphatic rings. The molecule has 2 N–H and O–H groups in total. The number of hydrogen-bond donors (Lipinski definition) is 2. The summed E-state index contributed by atoms with van der Waals surface area (Å²) in [6.07, 6.45) is 10.6. The molecule has 14 heavy (non-hydrogen) atoms. The van der Waals surface area contributed by atoms with E-state index in [9.17, 15) is 0 Å². The zero-order valence-corrected chi connectivity index (χ0v) is 9.04. The summed E-state index contributed by atoms with van der Waals surface area (Å²) in [4.78, 5) is 0. The predicted molar refractivity (Wildman–Crippen MR) is 58.2 cm³/mol. The maximum Gasteiger partial charge on any atom is 0.0459 e. The molecular formula is C12H23NO. The second-order valence-electron chi connectivity index (χ2n) is 5.05. The van der Waals surface area contributed by atoms with Crippen molar-refractivity contribution >= 4 is 0 Å². The Morgan fingerprint density at radius 3 is 2.00 bits per heavy atom. The van der Waals surface area contributed by atoms with Crippen LogP contribution in [0.2, 0.25) is 0 Å². The fourth-order valence-electron chi connectivity index (χ4n) is 2.94. The van der Waals surface area contributed by atoms with Gasteiger partial charge in [-0.05, 0) is 44.4 Å². The van der Waals surface area contributed by atoms with Crippen molar-refractivity contribution in [2.45, 2.75) is 63.5 Å². The van der Waals surface area contributed by atoms with Gasteiger partial charge in [-0.25, -0.2) is 0 Å². The highest BCUT2D eigenvalue weighted by molar-refractivity contribution is 4.82. The largest absolute Gasteiger partial charge is 0.396 e. The minimum Gasteiger partial charge on any atom is -0.396 e. The Labute approximate surface area is 87.1 Å². The fraction of sp³-hybridized carbons (Fsp3) is 1.00. The maximum absolute atomic E-state index is 9.04. The van der Waals surface area contributed by atoms with Crippen LogP contribution < -0.4 is 5.32 Å². The monoisotopic (exact) mass is 197 g/mol. The summed E-state index contributed by atoms with van der Waals surface area (Å²) in [6.45, 7) is 0.399. The summed E-state index contributed by atoms with van der Waals surface area (Å²) >= 11 is 0. The molecule has 0 aromatic carbocycles. The molecule has 0 aromatic heterocycles. The van der Waals surface area contributed by atoms with E-state index in [1.54, 1.807) is 0 Å². The Kier molecular flexibility index (Phi) is 3.82. The third-order valence-electron chi connectivity index (χ3n) is 3.93. The number of nitrogens with one attached hydrogen (secondary N) is 1. The highest BCUT2D eigenvalue weighted by atomic mass is 16.3. The molecule has 0 amide bonds. The van der Waals surface area contributed by atoms with E-state index in [0.717, 1.165) is 12.1 Å². The minimum atomic E-state index is 0.399. The van der Waals surface area contributed by atoms with Crippen molar-refractivity contribution in [3.8, 4) is 0 Å². The molecule has 2 aliphatic carbocycles. The predicted octanol–water partition coefficient (Wildman–Crippen LogP) is 2.07. The van der Waals surface area contributed by atoms with Crippen LogP contribution >= 0.6 is 0 Å². The Balaban J connectivity index is 1.67. The molecule has 2 heteroatoms. The first-order valence-electron chi connectivity index (χ1n) is 6.25. The average molecular weight is 197 g/mol. The molecule has 2 saturated carbocycles. The Morgan fingerprint density at radius 1 is 0.857 bits per heavy atom. The molecule has 0 spiro atoms. The molecule has 2 rings (SSSR count). The summed E-state index contributed by atoms with van der Waals surface area (Å²) in [5.74, 6) is 0.594. The van der Waals surface area contributed by atoms with Gasteiger partial charge in [-0.3, -0.25) is 0 Å². The van der Waals surface area contributed by atoms with Gasteiger partial charge in [0.25, 0.3) is 0 Å². The molecular weight excluding hydrogens is 174 g/mol. The van der Waals surface area contributed by atoms with Crippen LogP contribution in [-0.4, -0.2) is 23.8 Å². The molecule has 0 heterocycles. The molecule has 0 unspecified atom stereocenters. The van der Waals surface area contributed by atoms with Crippen molar-refractivity contribution < 1.29 is 5.11 Å². The second-order valence-corrected chi connectivity index (χ2v) is 5.05. The Bertz CT molecular complexity index is 158. The van der Waals surface area contributed by atoms with E-state index in [0.29, 0.717) is 12.5 Å². The van der Waals surface area contributed by atoms with Crippen molar-refractivity contribution in [1.82, 2.24) is 5.32 Å². The summed E-state index contributed by atoms with van der Waals surface area (Å²) < 4.78 is 0. The second kappa shape index (κ2) is 5.13. The first kappa shape index (κ1) is 10.4. The normalized spacial score (nSPS) is 34.9. The van der Waals surface area contributed by atoms with Gasteiger partial charge in [-0.15, -0.1) is 0 Å². The highest BCUT2D eigenvalue weighted by Crippen LogP contribution is 2.26. The number of hydrogen-bond acceptors (Lipinski definition) is 2. The topological polar surface area (TPSA) is 32.3 Å². The number of rotatable bonds is 3. The standard InChI is InChI=1S/C12H23NO/c14-9-10-5-7-12(8-6-10)13-11-3-1-2-4-11/h10-14H,1-9H2. The lowest BCUT2D eigenvalue weighted by Gasteiger charge is -2.30. The van der Waals surface area contributed by atoms with Gasteiger partial charge in [0.05, 0.1) is 0 Å². The minimum absolute atomic E-state index is 0.399. The molecule has 0 aliphatic heterocycles. The van der Waals surface area contributed by atoms with Crippen molar-refractivity contribution in [2.24, 2.45) is 5.92 Å². The van der Waals surface area contributed by atoms with Crippen LogP contribution in [0.25, 0.3) is 0 Å². The summed E-state index contributed by atoms with van der Waals surface area (Å²) in [5.41, 5.74) is 0. The van der Waals surface area contributed by atoms with E-state index < -0.39 is 0 Å². The zero-order valence-electron chi connectivity index (χ0n) is 9.04. The lowest BCUT2D eigenvalue weighted by Crippen LogP contribution is -2.39.